The van der Waals surface area contributed by atoms with Gasteiger partial charge in [-0.15, -0.1) is 0 Å². The molecule has 0 aromatic rings. The molecule has 726 valence electrons. The SMILES string of the molecule is CCCCCCCC/C=C\CCCCCCCC(=O)O[C@H](COC(=O)C(/C=C\CCCCCCCC)CCCCCC)COP(=O)(OC)OCCNC(=O)CCCCC(=O)NCCCO[C@@H]1OC(CO)[C@@H](O[C@@H]2OC(CO)[C@H](O)[C@H](O[C@@H]3OC(CO)[C@@H](O)[C@H](O[C@@H]4OC(CO)[C@H](O)[C@H](O)C4O[C@@H]4OC(C)[C@@H](O)[C@H](O)C4O)C3NC(C)=O)C2N)[C@H](O)C1NC(C)=O. The molecule has 5 fully saturated rings. The number of hydrogen-bond acceptors (Lipinski definition) is 35. The van der Waals surface area contributed by atoms with Gasteiger partial charge < -0.3 is 145 Å². The maximum absolute atomic E-state index is 13.7. The third kappa shape index (κ3) is 39.1. The van der Waals surface area contributed by atoms with Gasteiger partial charge >= 0.3 is 19.8 Å². The van der Waals surface area contributed by atoms with E-state index in [-0.39, 0.29) is 70.4 Å². The lowest BCUT2D eigenvalue weighted by atomic mass is 9.93. The number of esters is 2. The van der Waals surface area contributed by atoms with Crippen LogP contribution in [0.15, 0.2) is 24.3 Å². The van der Waals surface area contributed by atoms with Crippen molar-refractivity contribution in [3.8, 4) is 0 Å². The summed E-state index contributed by atoms with van der Waals surface area (Å²) in [5.74, 6) is -3.73. The average molecular weight is 1820 g/mol. The van der Waals surface area contributed by atoms with Crippen molar-refractivity contribution < 1.29 is 165 Å². The van der Waals surface area contributed by atoms with E-state index in [1.165, 1.54) is 71.1 Å². The quantitative estimate of drug-likeness (QED) is 0.0180. The number of hydrogen-bond donors (Lipinski definition) is 17. The van der Waals surface area contributed by atoms with Gasteiger partial charge in [0.25, 0.3) is 0 Å². The van der Waals surface area contributed by atoms with Gasteiger partial charge in [-0.1, -0.05) is 154 Å². The van der Waals surface area contributed by atoms with E-state index in [1.54, 1.807) is 0 Å². The molecule has 5 aliphatic rings. The Labute approximate surface area is 735 Å². The Morgan fingerprint density at radius 3 is 1.52 bits per heavy atom. The molecule has 4 amide bonds. The van der Waals surface area contributed by atoms with Crippen LogP contribution >= 0.6 is 7.82 Å². The van der Waals surface area contributed by atoms with E-state index in [9.17, 15) is 94.6 Å². The lowest BCUT2D eigenvalue weighted by Gasteiger charge is -2.51. The minimum absolute atomic E-state index is 0.0246. The van der Waals surface area contributed by atoms with Gasteiger partial charge in [0, 0.05) is 53.3 Å². The lowest BCUT2D eigenvalue weighted by molar-refractivity contribution is -0.385. The zero-order valence-electron chi connectivity index (χ0n) is 74.3. The van der Waals surface area contributed by atoms with Crippen molar-refractivity contribution in [2.45, 2.75) is 400 Å². The first-order valence-electron chi connectivity index (χ1n) is 45.4. The molecule has 12 unspecified atom stereocenters. The lowest BCUT2D eigenvalue weighted by Crippen LogP contribution is -2.71. The van der Waals surface area contributed by atoms with Gasteiger partial charge in [-0.05, 0) is 77.6 Å². The molecule has 0 aliphatic carbocycles. The number of carbonyl (C=O) groups excluding carboxylic acids is 6. The second-order valence-corrected chi connectivity index (χ2v) is 34.7. The molecule has 125 heavy (non-hydrogen) atoms. The van der Waals surface area contributed by atoms with E-state index in [0.29, 0.717) is 25.7 Å². The first-order chi connectivity index (χ1) is 60.0. The summed E-state index contributed by atoms with van der Waals surface area (Å²) in [5.41, 5.74) is 6.73. The summed E-state index contributed by atoms with van der Waals surface area (Å²) in [6, 6.07) is -4.86. The summed E-state index contributed by atoms with van der Waals surface area (Å²) in [6.45, 7) is 4.97. The fraction of sp³-hybridized carbons (Fsp3) is 0.882. The molecule has 5 saturated heterocycles. The van der Waals surface area contributed by atoms with Gasteiger partial charge in [0.15, 0.2) is 37.6 Å². The van der Waals surface area contributed by atoms with E-state index >= 15 is 0 Å². The van der Waals surface area contributed by atoms with Gasteiger partial charge in [-0.3, -0.25) is 42.3 Å². The molecular formula is C85H152N5O34P. The molecule has 5 heterocycles. The van der Waals surface area contributed by atoms with Crippen molar-refractivity contribution in [1.82, 2.24) is 21.3 Å². The van der Waals surface area contributed by atoms with E-state index in [4.69, 9.17) is 76.1 Å². The standard InChI is InChI=1S/C85H152N5O34P/c1-8-11-14-17-19-21-22-23-24-25-26-27-29-31-34-42-64(99)116-57(51-112-80(108)56(38-32-16-13-10-3)39-33-30-28-20-18-15-12-9-2)52-114-125(109,110-7)113-46-44-88-63(98)41-36-35-40-62(97)87-43-37-45-111-82-66(89-54(5)95)72(104)76(61(50-94)120-82)121-81-65(86)77(70(102)59(48-92)117-81)122-83-67(90-55(6)96)78(71(103)60(49-93)118-83)123-85-79(74(106)69(101)58(47-91)119-85)124-84-75(107)73(105)68(100)53(4)115-84/h23-24,33,39,53,56-61,65-79,81-85,91-94,100-107H,8-22,25-32,34-38,40-52,86H2,1-7H3,(H,87,97)(H,88,98)(H,89,95)(H,90,96)/b24-23-,39-33-/t53?,56?,57-,58?,59?,60?,61?,65?,66?,67?,68-,69+,70+,71-,72-,73+,74+,75?,76-,77-,78-,79?,81+,82-,83+,84+,85+,125?/m1/s1. The maximum atomic E-state index is 13.7. The van der Waals surface area contributed by atoms with E-state index < -0.39 is 230 Å². The highest BCUT2D eigenvalue weighted by atomic mass is 31.2. The summed E-state index contributed by atoms with van der Waals surface area (Å²) in [7, 11) is -3.19. The third-order valence-corrected chi connectivity index (χ3v) is 24.0. The minimum Gasteiger partial charge on any atom is -0.461 e. The predicted octanol–water partition coefficient (Wildman–Crippen LogP) is 2.74. The van der Waals surface area contributed by atoms with Crippen LogP contribution in [0.4, 0.5) is 0 Å². The number of ether oxygens (including phenoxy) is 12. The molecule has 39 nitrogen and oxygen atoms in total. The molecule has 0 radical (unpaired) electrons. The number of carbonyl (C=O) groups is 6. The van der Waals surface area contributed by atoms with Crippen molar-refractivity contribution in [2.75, 3.05) is 73.1 Å². The van der Waals surface area contributed by atoms with Gasteiger partial charge in [-0.25, -0.2) is 4.57 Å². The first-order valence-corrected chi connectivity index (χ1v) is 46.8. The number of unbranched alkanes of at least 4 members (excludes halogenated alkanes) is 21. The highest BCUT2D eigenvalue weighted by Gasteiger charge is 2.58. The number of phosphoric acid groups is 1. The molecule has 0 aromatic heterocycles. The van der Waals surface area contributed by atoms with Crippen LogP contribution < -0.4 is 27.0 Å². The predicted molar refractivity (Wildman–Crippen MR) is 449 cm³/mol. The second-order valence-electron chi connectivity index (χ2n) is 32.9. The van der Waals surface area contributed by atoms with Crippen LogP contribution in [0.2, 0.25) is 0 Å². The molecule has 0 aromatic carbocycles. The van der Waals surface area contributed by atoms with Crippen LogP contribution in [0.1, 0.15) is 241 Å². The van der Waals surface area contributed by atoms with Crippen molar-refractivity contribution in [1.29, 1.82) is 0 Å². The molecule has 0 spiro atoms. The molecule has 28 atom stereocenters. The van der Waals surface area contributed by atoms with Crippen LogP contribution in [-0.4, -0.2) is 329 Å². The van der Waals surface area contributed by atoms with Gasteiger partial charge in [0.1, 0.15) is 116 Å². The zero-order valence-corrected chi connectivity index (χ0v) is 75.2. The Morgan fingerprint density at radius 2 is 0.936 bits per heavy atom. The van der Waals surface area contributed by atoms with Crippen molar-refractivity contribution >= 4 is 43.4 Å². The van der Waals surface area contributed by atoms with Crippen molar-refractivity contribution in [3.63, 3.8) is 0 Å². The number of phosphoric ester groups is 1. The zero-order chi connectivity index (χ0) is 91.8. The maximum Gasteiger partial charge on any atom is 0.474 e. The number of nitrogens with one attached hydrogen (secondary N) is 4. The van der Waals surface area contributed by atoms with Crippen LogP contribution in [0.25, 0.3) is 0 Å². The number of rotatable bonds is 64. The highest BCUT2D eigenvalue weighted by Crippen LogP contribution is 2.49. The smallest absolute Gasteiger partial charge is 0.461 e. The number of nitrogens with two attached hydrogens (primary N) is 1. The monoisotopic (exact) mass is 1820 g/mol. The highest BCUT2D eigenvalue weighted by molar-refractivity contribution is 7.48. The fourth-order valence-electron chi connectivity index (χ4n) is 15.2. The first kappa shape index (κ1) is 111. The van der Waals surface area contributed by atoms with Crippen LogP contribution in [-0.2, 0) is 104 Å². The largest absolute Gasteiger partial charge is 0.474 e. The molecule has 5 rings (SSSR count). The number of allylic oxidation sites excluding steroid dienone is 3. The Bertz CT molecular complexity index is 3110. The minimum atomic E-state index is -4.31. The van der Waals surface area contributed by atoms with Gasteiger partial charge in [-0.2, -0.15) is 0 Å². The van der Waals surface area contributed by atoms with E-state index in [0.717, 1.165) is 104 Å². The number of aliphatic hydroxyl groups excluding tert-OH is 12. The van der Waals surface area contributed by atoms with Crippen LogP contribution in [0.3, 0.4) is 0 Å². The fourth-order valence-corrected chi connectivity index (χ4v) is 16.2. The van der Waals surface area contributed by atoms with E-state index in [2.05, 4.69) is 54.2 Å². The van der Waals surface area contributed by atoms with Crippen molar-refractivity contribution in [2.24, 2.45) is 11.7 Å². The van der Waals surface area contributed by atoms with Crippen molar-refractivity contribution in [3.05, 3.63) is 24.3 Å². The van der Waals surface area contributed by atoms with Crippen LogP contribution in [0, 0.1) is 5.92 Å². The molecule has 5 aliphatic heterocycles. The van der Waals surface area contributed by atoms with E-state index in [1.807, 2.05) is 12.2 Å². The Morgan fingerprint density at radius 1 is 0.448 bits per heavy atom. The molecule has 0 bridgehead atoms. The van der Waals surface area contributed by atoms with Gasteiger partial charge in [0.05, 0.1) is 64.3 Å². The Hall–Kier alpha value is -4.51. The molecule has 18 N–H and O–H groups in total. The summed E-state index contributed by atoms with van der Waals surface area (Å²) in [4.78, 5) is 78.6. The Kier molecular flexibility index (Phi) is 55.1. The summed E-state index contributed by atoms with van der Waals surface area (Å²) < 4.78 is 101. The topological polar surface area (TPSA) is 575 Å². The summed E-state index contributed by atoms with van der Waals surface area (Å²) in [5, 5.41) is 142. The summed E-state index contributed by atoms with van der Waals surface area (Å²) >= 11 is 0. The average Bonchev–Trinajstić information content (AvgIpc) is 0.762. The van der Waals surface area contributed by atoms with Gasteiger partial charge in [0.2, 0.25) is 23.6 Å². The molecular weight excluding hydrogens is 1670 g/mol. The molecule has 0 saturated carbocycles. The third-order valence-electron chi connectivity index (χ3n) is 22.6. The molecule has 40 heteroatoms. The number of amides is 4. The summed E-state index contributed by atoms with van der Waals surface area (Å²) in [6.07, 6.45) is -4.02. The normalized spacial score (nSPS) is 31.2. The second kappa shape index (κ2) is 62.0. The Balaban J connectivity index is 1.10. The number of aliphatic hydroxyl groups is 12. The van der Waals surface area contributed by atoms with Crippen LogP contribution in [0.5, 0.6) is 0 Å².